The maximum atomic E-state index is 13.8. The van der Waals surface area contributed by atoms with E-state index in [4.69, 9.17) is 27.9 Å². The van der Waals surface area contributed by atoms with Gasteiger partial charge in [-0.15, -0.1) is 0 Å². The van der Waals surface area contributed by atoms with E-state index in [1.54, 1.807) is 39.0 Å². The van der Waals surface area contributed by atoms with E-state index < -0.39 is 40.2 Å². The minimum absolute atomic E-state index is 0.0533. The molecule has 1 atom stereocenters. The molecule has 214 valence electrons. The van der Waals surface area contributed by atoms with Crippen molar-refractivity contribution in [2.75, 3.05) is 18.0 Å². The predicted molar refractivity (Wildman–Crippen MR) is 154 cm³/mol. The Morgan fingerprint density at radius 1 is 0.950 bits per heavy atom. The number of benzene rings is 3. The lowest BCUT2D eigenvalue weighted by Gasteiger charge is -2.32. The topological polar surface area (TPSA) is 96.0 Å². The number of sulfonamides is 1. The second-order valence-corrected chi connectivity index (χ2v) is 11.9. The van der Waals surface area contributed by atoms with Crippen LogP contribution in [0.3, 0.4) is 0 Å². The molecule has 0 aromatic heterocycles. The zero-order chi connectivity index (χ0) is 29.6. The Labute approximate surface area is 243 Å². The van der Waals surface area contributed by atoms with Crippen LogP contribution < -0.4 is 14.4 Å². The van der Waals surface area contributed by atoms with Crippen molar-refractivity contribution >= 4 is 50.7 Å². The maximum Gasteiger partial charge on any atom is 0.264 e. The fourth-order valence-electron chi connectivity index (χ4n) is 3.83. The van der Waals surface area contributed by atoms with Gasteiger partial charge in [-0.25, -0.2) is 12.8 Å². The lowest BCUT2D eigenvalue weighted by molar-refractivity contribution is -0.139. The molecular weight excluding hydrogens is 580 g/mol. The Morgan fingerprint density at radius 3 is 2.12 bits per heavy atom. The van der Waals surface area contributed by atoms with Crippen molar-refractivity contribution in [1.29, 1.82) is 0 Å². The third-order valence-corrected chi connectivity index (χ3v) is 8.50. The number of nitrogens with one attached hydrogen (secondary N) is 1. The van der Waals surface area contributed by atoms with Gasteiger partial charge in [0.1, 0.15) is 24.2 Å². The minimum atomic E-state index is -4.30. The second kappa shape index (κ2) is 13.3. The number of nitrogens with zero attached hydrogens (tertiary/aromatic N) is 2. The summed E-state index contributed by atoms with van der Waals surface area (Å²) < 4.78 is 47.3. The molecule has 3 aromatic carbocycles. The number of rotatable bonds is 11. The Hall–Kier alpha value is -3.34. The van der Waals surface area contributed by atoms with Gasteiger partial charge in [-0.05, 0) is 87.0 Å². The summed E-state index contributed by atoms with van der Waals surface area (Å²) in [5.41, 5.74) is 0.651. The van der Waals surface area contributed by atoms with E-state index in [2.05, 4.69) is 5.32 Å². The van der Waals surface area contributed by atoms with Crippen molar-refractivity contribution in [2.24, 2.45) is 0 Å². The van der Waals surface area contributed by atoms with Crippen LogP contribution in [0.1, 0.15) is 26.3 Å². The van der Waals surface area contributed by atoms with Crippen LogP contribution in [0.15, 0.2) is 71.6 Å². The quantitative estimate of drug-likeness (QED) is 0.319. The SMILES string of the molecule is COc1ccc(S(=O)(=O)N(CC(=O)N(Cc2ccc(Cl)c(Cl)c2)C(C)C(=O)NC(C)C)c2ccc(F)cc2)cc1. The molecule has 8 nitrogen and oxygen atoms in total. The Kier molecular flexibility index (Phi) is 10.4. The van der Waals surface area contributed by atoms with Gasteiger partial charge in [0, 0.05) is 12.6 Å². The van der Waals surface area contributed by atoms with Crippen LogP contribution in [0.5, 0.6) is 5.75 Å². The molecular formula is C28H30Cl2FN3O5S. The molecule has 0 saturated carbocycles. The van der Waals surface area contributed by atoms with E-state index in [-0.39, 0.29) is 28.2 Å². The molecule has 1 N–H and O–H groups in total. The molecule has 0 aliphatic rings. The summed E-state index contributed by atoms with van der Waals surface area (Å²) in [5, 5.41) is 3.36. The average Bonchev–Trinajstić information content (AvgIpc) is 2.92. The number of hydrogen-bond acceptors (Lipinski definition) is 5. The van der Waals surface area contributed by atoms with Crippen molar-refractivity contribution < 1.29 is 27.1 Å². The monoisotopic (exact) mass is 609 g/mol. The van der Waals surface area contributed by atoms with E-state index in [1.165, 1.54) is 48.4 Å². The minimum Gasteiger partial charge on any atom is -0.497 e. The Balaban J connectivity index is 2.04. The molecule has 0 aliphatic heterocycles. The van der Waals surface area contributed by atoms with Crippen LogP contribution in [0.2, 0.25) is 10.0 Å². The van der Waals surface area contributed by atoms with Crippen molar-refractivity contribution in [3.8, 4) is 5.75 Å². The van der Waals surface area contributed by atoms with Gasteiger partial charge in [0.25, 0.3) is 10.0 Å². The van der Waals surface area contributed by atoms with Gasteiger partial charge in [-0.1, -0.05) is 29.3 Å². The third-order valence-electron chi connectivity index (χ3n) is 5.98. The highest BCUT2D eigenvalue weighted by Gasteiger charge is 2.32. The number of methoxy groups -OCH3 is 1. The van der Waals surface area contributed by atoms with Gasteiger partial charge >= 0.3 is 0 Å². The molecule has 0 heterocycles. The van der Waals surface area contributed by atoms with Crippen LogP contribution in [0, 0.1) is 5.82 Å². The summed E-state index contributed by atoms with van der Waals surface area (Å²) >= 11 is 12.2. The van der Waals surface area contributed by atoms with Crippen LogP contribution in [-0.4, -0.2) is 50.9 Å². The molecule has 0 aliphatic carbocycles. The first-order valence-electron chi connectivity index (χ1n) is 12.3. The van der Waals surface area contributed by atoms with E-state index in [0.29, 0.717) is 16.3 Å². The number of anilines is 1. The molecule has 3 rings (SSSR count). The largest absolute Gasteiger partial charge is 0.497 e. The van der Waals surface area contributed by atoms with Gasteiger partial charge < -0.3 is 15.0 Å². The Morgan fingerprint density at radius 2 is 1.57 bits per heavy atom. The number of carbonyl (C=O) groups excluding carboxylic acids is 2. The molecule has 0 radical (unpaired) electrons. The molecule has 12 heteroatoms. The molecule has 2 amide bonds. The smallest absolute Gasteiger partial charge is 0.264 e. The van der Waals surface area contributed by atoms with Gasteiger partial charge in [0.05, 0.1) is 27.7 Å². The van der Waals surface area contributed by atoms with Gasteiger partial charge in [0.15, 0.2) is 0 Å². The normalized spacial score (nSPS) is 12.1. The zero-order valence-corrected chi connectivity index (χ0v) is 24.7. The first-order valence-corrected chi connectivity index (χ1v) is 14.5. The molecule has 0 saturated heterocycles. The first-order chi connectivity index (χ1) is 18.8. The molecule has 40 heavy (non-hydrogen) atoms. The van der Waals surface area contributed by atoms with Crippen molar-refractivity contribution in [3.05, 3.63) is 88.2 Å². The third kappa shape index (κ3) is 7.65. The zero-order valence-electron chi connectivity index (χ0n) is 22.4. The number of halogens is 3. The maximum absolute atomic E-state index is 13.8. The number of hydrogen-bond donors (Lipinski definition) is 1. The van der Waals surface area contributed by atoms with Crippen LogP contribution in [0.25, 0.3) is 0 Å². The molecule has 1 unspecified atom stereocenters. The average molecular weight is 611 g/mol. The second-order valence-electron chi connectivity index (χ2n) is 9.27. The van der Waals surface area contributed by atoms with E-state index >= 15 is 0 Å². The molecule has 0 fully saturated rings. The molecule has 0 spiro atoms. The molecule has 0 bridgehead atoms. The number of ether oxygens (including phenoxy) is 1. The van der Waals surface area contributed by atoms with Crippen molar-refractivity contribution in [3.63, 3.8) is 0 Å². The predicted octanol–water partition coefficient (Wildman–Crippen LogP) is 5.28. The van der Waals surface area contributed by atoms with Gasteiger partial charge in [0.2, 0.25) is 11.8 Å². The highest BCUT2D eigenvalue weighted by atomic mass is 35.5. The van der Waals surface area contributed by atoms with E-state index in [9.17, 15) is 22.4 Å². The fraction of sp³-hybridized carbons (Fsp3) is 0.286. The summed E-state index contributed by atoms with van der Waals surface area (Å²) in [6.07, 6.45) is 0. The summed E-state index contributed by atoms with van der Waals surface area (Å²) in [7, 11) is -2.85. The van der Waals surface area contributed by atoms with E-state index in [0.717, 1.165) is 16.4 Å². The lowest BCUT2D eigenvalue weighted by Crippen LogP contribution is -2.52. The van der Waals surface area contributed by atoms with Crippen LogP contribution in [0.4, 0.5) is 10.1 Å². The highest BCUT2D eigenvalue weighted by Crippen LogP contribution is 2.27. The summed E-state index contributed by atoms with van der Waals surface area (Å²) in [6, 6.07) is 14.0. The van der Waals surface area contributed by atoms with Crippen molar-refractivity contribution in [1.82, 2.24) is 10.2 Å². The van der Waals surface area contributed by atoms with Crippen LogP contribution >= 0.6 is 23.2 Å². The Bertz CT molecular complexity index is 1450. The standard InChI is InChI=1S/C28H30Cl2FN3O5S/c1-18(2)32-28(36)19(3)33(16-20-5-14-25(29)26(30)15-20)27(35)17-34(22-8-6-21(31)7-9-22)40(37,38)24-12-10-23(39-4)11-13-24/h5-15,18-19H,16-17H2,1-4H3,(H,32,36). The lowest BCUT2D eigenvalue weighted by atomic mass is 10.1. The fourth-order valence-corrected chi connectivity index (χ4v) is 5.57. The highest BCUT2D eigenvalue weighted by molar-refractivity contribution is 7.92. The number of amides is 2. The summed E-state index contributed by atoms with van der Waals surface area (Å²) in [6.45, 7) is 4.40. The van der Waals surface area contributed by atoms with Gasteiger partial charge in [-0.2, -0.15) is 0 Å². The van der Waals surface area contributed by atoms with Gasteiger partial charge in [-0.3, -0.25) is 13.9 Å². The summed E-state index contributed by atoms with van der Waals surface area (Å²) in [5.74, 6) is -1.22. The van der Waals surface area contributed by atoms with E-state index in [1.807, 2.05) is 0 Å². The van der Waals surface area contributed by atoms with Crippen LogP contribution in [-0.2, 0) is 26.2 Å². The van der Waals surface area contributed by atoms with Crippen molar-refractivity contribution in [2.45, 2.75) is 44.3 Å². The first kappa shape index (κ1) is 31.2. The molecule has 3 aromatic rings. The summed E-state index contributed by atoms with van der Waals surface area (Å²) in [4.78, 5) is 27.9. The number of carbonyl (C=O) groups is 2.